The topological polar surface area (TPSA) is 96.3 Å². The number of carbonyl (C=O) groups excluding carboxylic acids is 3. The van der Waals surface area contributed by atoms with Gasteiger partial charge in [0.05, 0.1) is 17.8 Å². The third-order valence-electron chi connectivity index (χ3n) is 5.19. The highest BCUT2D eigenvalue weighted by atomic mass is 19.1. The Morgan fingerprint density at radius 3 is 2.47 bits per heavy atom. The first-order valence-corrected chi connectivity index (χ1v) is 9.93. The van der Waals surface area contributed by atoms with E-state index in [4.69, 9.17) is 0 Å². The van der Waals surface area contributed by atoms with Crippen molar-refractivity contribution in [3.63, 3.8) is 0 Å². The number of hydrogen-bond donors (Lipinski definition) is 2. The Balaban J connectivity index is 1.57. The summed E-state index contributed by atoms with van der Waals surface area (Å²) in [5.74, 6) is -0.646. The van der Waals surface area contributed by atoms with E-state index in [2.05, 4.69) is 15.7 Å². The van der Waals surface area contributed by atoms with Crippen LogP contribution in [0.5, 0.6) is 0 Å². The van der Waals surface area contributed by atoms with Crippen LogP contribution in [0.3, 0.4) is 0 Å². The van der Waals surface area contributed by atoms with E-state index >= 15 is 0 Å². The van der Waals surface area contributed by atoms with Crippen LogP contribution in [-0.4, -0.2) is 52.0 Å². The molecule has 0 saturated carbocycles. The second kappa shape index (κ2) is 9.51. The predicted molar refractivity (Wildman–Crippen MR) is 109 cm³/mol. The van der Waals surface area contributed by atoms with E-state index in [0.717, 1.165) is 12.8 Å². The number of anilines is 1. The number of halogens is 1. The van der Waals surface area contributed by atoms with Crippen molar-refractivity contribution in [1.82, 2.24) is 20.0 Å². The Bertz CT molecular complexity index is 917. The highest BCUT2D eigenvalue weighted by Gasteiger charge is 2.25. The number of nitrogens with one attached hydrogen (secondary N) is 2. The molecule has 30 heavy (non-hydrogen) atoms. The summed E-state index contributed by atoms with van der Waals surface area (Å²) in [7, 11) is 1.77. The number of benzene rings is 1. The van der Waals surface area contributed by atoms with Gasteiger partial charge in [-0.1, -0.05) is 0 Å². The fourth-order valence-electron chi connectivity index (χ4n) is 3.58. The van der Waals surface area contributed by atoms with Gasteiger partial charge in [-0.15, -0.1) is 0 Å². The van der Waals surface area contributed by atoms with Gasteiger partial charge in [0, 0.05) is 38.9 Å². The number of rotatable bonds is 6. The van der Waals surface area contributed by atoms with Crippen LogP contribution in [0.4, 0.5) is 10.1 Å². The Hall–Kier alpha value is -3.23. The van der Waals surface area contributed by atoms with Crippen LogP contribution in [0.2, 0.25) is 0 Å². The van der Waals surface area contributed by atoms with Gasteiger partial charge in [0.15, 0.2) is 0 Å². The number of nitrogens with zero attached hydrogens (tertiary/aromatic N) is 3. The van der Waals surface area contributed by atoms with Crippen molar-refractivity contribution < 1.29 is 18.8 Å². The van der Waals surface area contributed by atoms with Gasteiger partial charge >= 0.3 is 0 Å². The minimum absolute atomic E-state index is 0.0218. The molecular formula is C21H26FN5O3. The maximum atomic E-state index is 13.1. The molecule has 1 aromatic heterocycles. The largest absolute Gasteiger partial charge is 0.347 e. The lowest BCUT2D eigenvalue weighted by molar-refractivity contribution is -0.133. The smallest absolute Gasteiger partial charge is 0.259 e. The van der Waals surface area contributed by atoms with Crippen molar-refractivity contribution in [2.24, 2.45) is 13.0 Å². The number of likely N-dealkylation sites (tertiary alicyclic amines) is 1. The molecule has 0 atom stereocenters. The SMILES string of the molecule is CC(=O)NCC(=O)N1CCC(Cc2nn(C)cc2C(=O)Nc2ccc(F)cc2)CC1. The van der Waals surface area contributed by atoms with Gasteiger partial charge < -0.3 is 15.5 Å². The highest BCUT2D eigenvalue weighted by molar-refractivity contribution is 6.04. The van der Waals surface area contributed by atoms with Crippen molar-refractivity contribution in [2.75, 3.05) is 25.0 Å². The summed E-state index contributed by atoms with van der Waals surface area (Å²) >= 11 is 0. The maximum absolute atomic E-state index is 13.1. The van der Waals surface area contributed by atoms with Crippen molar-refractivity contribution in [2.45, 2.75) is 26.2 Å². The molecule has 0 radical (unpaired) electrons. The summed E-state index contributed by atoms with van der Waals surface area (Å²) < 4.78 is 14.7. The number of piperidine rings is 1. The first kappa shape index (κ1) is 21.5. The van der Waals surface area contributed by atoms with Gasteiger partial charge in [0.2, 0.25) is 11.8 Å². The van der Waals surface area contributed by atoms with Crippen LogP contribution in [0.15, 0.2) is 30.5 Å². The molecule has 1 aliphatic rings. The van der Waals surface area contributed by atoms with Crippen LogP contribution in [0, 0.1) is 11.7 Å². The number of hydrogen-bond acceptors (Lipinski definition) is 4. The summed E-state index contributed by atoms with van der Waals surface area (Å²) in [5.41, 5.74) is 1.72. The third kappa shape index (κ3) is 5.65. The second-order valence-corrected chi connectivity index (χ2v) is 7.56. The lowest BCUT2D eigenvalue weighted by Gasteiger charge is -2.32. The summed E-state index contributed by atoms with van der Waals surface area (Å²) in [6.45, 7) is 2.64. The first-order valence-electron chi connectivity index (χ1n) is 9.93. The van der Waals surface area contributed by atoms with Crippen molar-refractivity contribution in [3.8, 4) is 0 Å². The van der Waals surface area contributed by atoms with E-state index < -0.39 is 0 Å². The molecule has 1 saturated heterocycles. The van der Waals surface area contributed by atoms with Crippen LogP contribution in [-0.2, 0) is 23.1 Å². The van der Waals surface area contributed by atoms with E-state index in [0.29, 0.717) is 42.4 Å². The quantitative estimate of drug-likeness (QED) is 0.751. The van der Waals surface area contributed by atoms with E-state index in [9.17, 15) is 18.8 Å². The molecule has 3 rings (SSSR count). The fraction of sp³-hybridized carbons (Fsp3) is 0.429. The minimum Gasteiger partial charge on any atom is -0.347 e. The molecular weight excluding hydrogens is 389 g/mol. The number of carbonyl (C=O) groups is 3. The molecule has 0 spiro atoms. The van der Waals surface area contributed by atoms with Gasteiger partial charge in [-0.3, -0.25) is 19.1 Å². The predicted octanol–water partition coefficient (Wildman–Crippen LogP) is 1.73. The van der Waals surface area contributed by atoms with Gasteiger partial charge in [-0.2, -0.15) is 5.10 Å². The highest BCUT2D eigenvalue weighted by Crippen LogP contribution is 2.23. The standard InChI is InChI=1S/C21H26FN5O3/c1-14(28)23-12-20(29)27-9-7-15(8-10-27)11-19-18(13-26(2)25-19)21(30)24-17-5-3-16(22)4-6-17/h3-6,13,15H,7-12H2,1-2H3,(H,23,28)(H,24,30). The Morgan fingerprint density at radius 2 is 1.83 bits per heavy atom. The Labute approximate surface area is 174 Å². The molecule has 8 nitrogen and oxygen atoms in total. The van der Waals surface area contributed by atoms with E-state index in [1.54, 1.807) is 22.8 Å². The number of aryl methyl sites for hydroxylation is 1. The molecule has 2 heterocycles. The molecule has 0 aliphatic carbocycles. The minimum atomic E-state index is -0.364. The molecule has 0 bridgehead atoms. The average molecular weight is 415 g/mol. The lowest BCUT2D eigenvalue weighted by Crippen LogP contribution is -2.44. The normalized spacial score (nSPS) is 14.4. The Kier molecular flexibility index (Phi) is 6.81. The summed E-state index contributed by atoms with van der Waals surface area (Å²) in [5, 5.41) is 9.76. The summed E-state index contributed by atoms with van der Waals surface area (Å²) in [6, 6.07) is 5.61. The van der Waals surface area contributed by atoms with Gasteiger partial charge in [-0.05, 0) is 49.4 Å². The zero-order valence-corrected chi connectivity index (χ0v) is 17.2. The van der Waals surface area contributed by atoms with E-state index in [-0.39, 0.29) is 30.1 Å². The van der Waals surface area contributed by atoms with E-state index in [1.165, 1.54) is 31.2 Å². The molecule has 0 unspecified atom stereocenters. The second-order valence-electron chi connectivity index (χ2n) is 7.56. The average Bonchev–Trinajstić information content (AvgIpc) is 3.08. The zero-order chi connectivity index (χ0) is 21.7. The fourth-order valence-corrected chi connectivity index (χ4v) is 3.58. The van der Waals surface area contributed by atoms with Gasteiger partial charge in [0.1, 0.15) is 5.82 Å². The van der Waals surface area contributed by atoms with Gasteiger partial charge in [-0.25, -0.2) is 4.39 Å². The van der Waals surface area contributed by atoms with Gasteiger partial charge in [0.25, 0.3) is 5.91 Å². The molecule has 3 amide bonds. The molecule has 160 valence electrons. The summed E-state index contributed by atoms with van der Waals surface area (Å²) in [4.78, 5) is 37.5. The molecule has 1 fully saturated rings. The number of aromatic nitrogens is 2. The van der Waals surface area contributed by atoms with Crippen LogP contribution < -0.4 is 10.6 Å². The number of amides is 3. The molecule has 2 N–H and O–H groups in total. The molecule has 1 aliphatic heterocycles. The van der Waals surface area contributed by atoms with E-state index in [1.807, 2.05) is 0 Å². The molecule has 1 aromatic carbocycles. The molecule has 2 aromatic rings. The van der Waals surface area contributed by atoms with Crippen LogP contribution in [0.25, 0.3) is 0 Å². The molecule has 9 heteroatoms. The van der Waals surface area contributed by atoms with Crippen molar-refractivity contribution >= 4 is 23.4 Å². The monoisotopic (exact) mass is 415 g/mol. The van der Waals surface area contributed by atoms with Crippen LogP contribution in [0.1, 0.15) is 35.8 Å². The Morgan fingerprint density at radius 1 is 1.17 bits per heavy atom. The van der Waals surface area contributed by atoms with Crippen molar-refractivity contribution in [1.29, 1.82) is 0 Å². The lowest BCUT2D eigenvalue weighted by atomic mass is 9.91. The van der Waals surface area contributed by atoms with Crippen molar-refractivity contribution in [3.05, 3.63) is 47.5 Å². The zero-order valence-electron chi connectivity index (χ0n) is 17.2. The van der Waals surface area contributed by atoms with Crippen LogP contribution >= 0.6 is 0 Å². The maximum Gasteiger partial charge on any atom is 0.259 e. The third-order valence-corrected chi connectivity index (χ3v) is 5.19. The summed E-state index contributed by atoms with van der Waals surface area (Å²) in [6.07, 6.45) is 3.93. The first-order chi connectivity index (χ1) is 14.3.